The monoisotopic (exact) mass is 412 g/mol. The van der Waals surface area contributed by atoms with Gasteiger partial charge < -0.3 is 0 Å². The van der Waals surface area contributed by atoms with Gasteiger partial charge in [0.2, 0.25) is 0 Å². The summed E-state index contributed by atoms with van der Waals surface area (Å²) in [5.41, 5.74) is 8.86. The Morgan fingerprint density at radius 1 is 0.630 bits per heavy atom. The Morgan fingerprint density at radius 3 is 1.96 bits per heavy atom. The zero-order chi connectivity index (χ0) is 19.4. The van der Waals surface area contributed by atoms with E-state index in [1.165, 1.54) is 22.3 Å². The number of halogens is 1. The van der Waals surface area contributed by atoms with Crippen LogP contribution in [0.15, 0.2) is 59.1 Å². The van der Waals surface area contributed by atoms with Crippen LogP contribution in [0.3, 0.4) is 0 Å². The van der Waals surface area contributed by atoms with Gasteiger partial charge >= 0.3 is 0 Å². The average molecular weight is 413 g/mol. The fraction of sp³-hybridized carbons (Fsp3) is 0.154. The normalized spacial score (nSPS) is 9.81. The number of hydrogen-bond donors (Lipinski definition) is 0. The van der Waals surface area contributed by atoms with Crippen molar-refractivity contribution in [2.24, 2.45) is 0 Å². The van der Waals surface area contributed by atoms with E-state index in [1.807, 2.05) is 24.3 Å². The molecule has 0 bridgehead atoms. The fourth-order valence-corrected chi connectivity index (χ4v) is 3.34. The average Bonchev–Trinajstić information content (AvgIpc) is 2.64. The summed E-state index contributed by atoms with van der Waals surface area (Å²) in [6.07, 6.45) is 0. The van der Waals surface area contributed by atoms with Gasteiger partial charge in [-0.15, -0.1) is 0 Å². The molecule has 0 aliphatic rings. The van der Waals surface area contributed by atoms with Crippen LogP contribution in [0.4, 0.5) is 0 Å². The Labute approximate surface area is 170 Å². The van der Waals surface area contributed by atoms with Crippen LogP contribution in [0, 0.1) is 51.4 Å². The van der Waals surface area contributed by atoms with Crippen LogP contribution >= 0.6 is 15.9 Å². The summed E-state index contributed by atoms with van der Waals surface area (Å²) in [6, 6.07) is 18.7. The summed E-state index contributed by atoms with van der Waals surface area (Å²) in [7, 11) is 0. The third-order valence-corrected chi connectivity index (χ3v) is 5.25. The molecule has 0 spiro atoms. The van der Waals surface area contributed by atoms with Crippen molar-refractivity contribution in [3.8, 4) is 23.7 Å². The van der Waals surface area contributed by atoms with Gasteiger partial charge in [-0.05, 0) is 86.3 Å². The maximum atomic E-state index is 3.60. The molecule has 0 amide bonds. The first-order valence-corrected chi connectivity index (χ1v) is 9.70. The van der Waals surface area contributed by atoms with Crippen molar-refractivity contribution in [2.75, 3.05) is 0 Å². The van der Waals surface area contributed by atoms with Crippen molar-refractivity contribution in [1.82, 2.24) is 0 Å². The van der Waals surface area contributed by atoms with Gasteiger partial charge in [0.15, 0.2) is 0 Å². The molecule has 3 aromatic carbocycles. The van der Waals surface area contributed by atoms with E-state index in [-0.39, 0.29) is 0 Å². The second kappa shape index (κ2) is 8.30. The van der Waals surface area contributed by atoms with E-state index < -0.39 is 0 Å². The van der Waals surface area contributed by atoms with Gasteiger partial charge in [0.05, 0.1) is 0 Å². The maximum Gasteiger partial charge on any atom is 0.0292 e. The van der Waals surface area contributed by atoms with Gasteiger partial charge in [0.1, 0.15) is 0 Å². The Kier molecular flexibility index (Phi) is 5.85. The third kappa shape index (κ3) is 4.91. The van der Waals surface area contributed by atoms with Crippen LogP contribution in [-0.2, 0) is 0 Å². The zero-order valence-electron chi connectivity index (χ0n) is 16.1. The van der Waals surface area contributed by atoms with Gasteiger partial charge in [0, 0.05) is 26.7 Å². The highest BCUT2D eigenvalue weighted by Crippen LogP contribution is 2.21. The number of rotatable bonds is 0. The SMILES string of the molecule is Cc1ccc(C)c(C#Cc2cccc(C#Cc3cc(C)cc(Br)c3C)c2)c1. The Bertz CT molecular complexity index is 1130. The summed E-state index contributed by atoms with van der Waals surface area (Å²) in [4.78, 5) is 0. The molecular formula is C26H21Br. The second-order valence-electron chi connectivity index (χ2n) is 6.82. The van der Waals surface area contributed by atoms with Crippen molar-refractivity contribution >= 4 is 15.9 Å². The van der Waals surface area contributed by atoms with Crippen LogP contribution in [0.1, 0.15) is 44.5 Å². The van der Waals surface area contributed by atoms with E-state index in [9.17, 15) is 0 Å². The van der Waals surface area contributed by atoms with Gasteiger partial charge in [-0.25, -0.2) is 0 Å². The van der Waals surface area contributed by atoms with E-state index in [0.29, 0.717) is 0 Å². The Hall–Kier alpha value is -2.74. The molecule has 0 saturated heterocycles. The van der Waals surface area contributed by atoms with Crippen LogP contribution in [0.25, 0.3) is 0 Å². The molecule has 0 nitrogen and oxygen atoms in total. The van der Waals surface area contributed by atoms with E-state index in [2.05, 4.69) is 97.6 Å². The summed E-state index contributed by atoms with van der Waals surface area (Å²) in [5.74, 6) is 13.1. The van der Waals surface area contributed by atoms with Crippen LogP contribution in [-0.4, -0.2) is 0 Å². The molecule has 0 aliphatic carbocycles. The molecule has 0 heterocycles. The number of benzene rings is 3. The molecule has 0 aliphatic heterocycles. The maximum absolute atomic E-state index is 3.60. The molecule has 1 heteroatoms. The predicted molar refractivity (Wildman–Crippen MR) is 118 cm³/mol. The Morgan fingerprint density at radius 2 is 1.26 bits per heavy atom. The third-order valence-electron chi connectivity index (χ3n) is 4.43. The summed E-state index contributed by atoms with van der Waals surface area (Å²) < 4.78 is 1.10. The minimum atomic E-state index is 0.972. The molecule has 3 aromatic rings. The quantitative estimate of drug-likeness (QED) is 0.370. The highest BCUT2D eigenvalue weighted by molar-refractivity contribution is 9.10. The van der Waals surface area contributed by atoms with E-state index in [1.54, 1.807) is 0 Å². The van der Waals surface area contributed by atoms with Crippen LogP contribution in [0.5, 0.6) is 0 Å². The Balaban J connectivity index is 1.90. The molecule has 0 aromatic heterocycles. The van der Waals surface area contributed by atoms with Gasteiger partial charge in [0.25, 0.3) is 0 Å². The molecular weight excluding hydrogens is 392 g/mol. The smallest absolute Gasteiger partial charge is 0.0292 e. The topological polar surface area (TPSA) is 0 Å². The van der Waals surface area contributed by atoms with E-state index in [0.717, 1.165) is 26.7 Å². The van der Waals surface area contributed by atoms with Crippen molar-refractivity contribution in [1.29, 1.82) is 0 Å². The lowest BCUT2D eigenvalue weighted by molar-refractivity contribution is 1.34. The van der Waals surface area contributed by atoms with Crippen molar-refractivity contribution < 1.29 is 0 Å². The first-order valence-electron chi connectivity index (χ1n) is 8.90. The van der Waals surface area contributed by atoms with E-state index >= 15 is 0 Å². The lowest BCUT2D eigenvalue weighted by Gasteiger charge is -2.03. The van der Waals surface area contributed by atoms with Gasteiger partial charge in [-0.3, -0.25) is 0 Å². The highest BCUT2D eigenvalue weighted by atomic mass is 79.9. The van der Waals surface area contributed by atoms with Gasteiger partial charge in [-0.1, -0.05) is 57.8 Å². The highest BCUT2D eigenvalue weighted by Gasteiger charge is 2.01. The zero-order valence-corrected chi connectivity index (χ0v) is 17.7. The largest absolute Gasteiger partial charge is 0.0616 e. The minimum absolute atomic E-state index is 0.972. The minimum Gasteiger partial charge on any atom is -0.0616 e. The van der Waals surface area contributed by atoms with Gasteiger partial charge in [-0.2, -0.15) is 0 Å². The van der Waals surface area contributed by atoms with Crippen molar-refractivity contribution in [2.45, 2.75) is 27.7 Å². The fourth-order valence-electron chi connectivity index (χ4n) is 2.77. The van der Waals surface area contributed by atoms with Crippen molar-refractivity contribution in [3.05, 3.63) is 104 Å². The molecule has 3 rings (SSSR count). The molecule has 0 radical (unpaired) electrons. The first-order chi connectivity index (χ1) is 12.9. The molecule has 0 fully saturated rings. The molecule has 132 valence electrons. The predicted octanol–water partition coefficient (Wildman–Crippen LogP) is 6.48. The van der Waals surface area contributed by atoms with Crippen molar-refractivity contribution in [3.63, 3.8) is 0 Å². The summed E-state index contributed by atoms with van der Waals surface area (Å²) >= 11 is 3.60. The molecule has 0 N–H and O–H groups in total. The first kappa shape index (κ1) is 19.0. The molecule has 0 atom stereocenters. The van der Waals surface area contributed by atoms with Crippen LogP contribution < -0.4 is 0 Å². The number of aryl methyl sites for hydroxylation is 3. The lowest BCUT2D eigenvalue weighted by atomic mass is 10.0. The lowest BCUT2D eigenvalue weighted by Crippen LogP contribution is -1.87. The standard InChI is InChI=1S/C26H21Br/c1-18-8-9-20(3)24(14-18)12-10-22-6-5-7-23(17-22)11-13-25-15-19(2)16-26(27)21(25)4/h5-9,14-17H,1-4H3. The molecule has 0 saturated carbocycles. The second-order valence-corrected chi connectivity index (χ2v) is 7.67. The van der Waals surface area contributed by atoms with Crippen LogP contribution in [0.2, 0.25) is 0 Å². The number of hydrogen-bond acceptors (Lipinski definition) is 0. The summed E-state index contributed by atoms with van der Waals surface area (Å²) in [6.45, 7) is 8.35. The summed E-state index contributed by atoms with van der Waals surface area (Å²) in [5, 5.41) is 0. The molecule has 27 heavy (non-hydrogen) atoms. The van der Waals surface area contributed by atoms with E-state index in [4.69, 9.17) is 0 Å². The molecule has 0 unspecified atom stereocenters.